The third-order valence-electron chi connectivity index (χ3n) is 20.4. The molecule has 0 saturated carbocycles. The van der Waals surface area contributed by atoms with E-state index in [0.29, 0.717) is 77.2 Å². The van der Waals surface area contributed by atoms with Crippen LogP contribution in [0.1, 0.15) is 122 Å². The lowest BCUT2D eigenvalue weighted by Crippen LogP contribution is -2.67. The van der Waals surface area contributed by atoms with Crippen LogP contribution in [-0.4, -0.2) is 212 Å². The first kappa shape index (κ1) is 52.5. The fourth-order valence-electron chi connectivity index (χ4n) is 16.4. The molecule has 15 rings (SSSR count). The van der Waals surface area contributed by atoms with Crippen LogP contribution in [-0.2, 0) is 75.8 Å². The average molecular weight is 1070 g/mol. The fraction of sp³-hybridized carbons (Fsp3) is 0.945. The van der Waals surface area contributed by atoms with E-state index in [-0.39, 0.29) is 86.6 Å². The maximum Gasteiger partial charge on any atom is 0.308 e. The van der Waals surface area contributed by atoms with Gasteiger partial charge >= 0.3 is 5.97 Å². The Hall–Kier alpha value is -1.55. The number of ether oxygens (including phenoxy) is 15. The predicted octanol–water partition coefficient (Wildman–Crippen LogP) is 1.37. The molecule has 0 aromatic heterocycles. The number of hydrogen-bond acceptors (Lipinski definition) is 21. The molecule has 12 bridgehead atoms. The number of esters is 1. The highest BCUT2D eigenvalue weighted by atomic mass is 16.8. The van der Waals surface area contributed by atoms with Crippen molar-refractivity contribution in [3.05, 3.63) is 12.2 Å². The zero-order valence-electron chi connectivity index (χ0n) is 43.9. The minimum Gasteiger partial charge on any atom is -0.458 e. The first-order valence-corrected chi connectivity index (χ1v) is 29.4. The van der Waals surface area contributed by atoms with Crippen LogP contribution < -0.4 is 17.2 Å². The van der Waals surface area contributed by atoms with E-state index in [4.69, 9.17) is 88.3 Å². The van der Waals surface area contributed by atoms with Crippen molar-refractivity contribution in [2.45, 2.75) is 299 Å². The minimum atomic E-state index is -1.05. The average Bonchev–Trinajstić information content (AvgIpc) is 4.29. The summed E-state index contributed by atoms with van der Waals surface area (Å²) in [6, 6.07) is -1.66. The molecule has 8 N–H and O–H groups in total. The molecule has 21 nitrogen and oxygen atoms in total. The van der Waals surface area contributed by atoms with Crippen molar-refractivity contribution in [3.63, 3.8) is 0 Å². The monoisotopic (exact) mass is 1070 g/mol. The van der Waals surface area contributed by atoms with Crippen LogP contribution in [0.4, 0.5) is 0 Å². The number of nitrogens with two attached hydrogens (primary N) is 3. The van der Waals surface area contributed by atoms with E-state index in [1.165, 1.54) is 0 Å². The molecule has 76 heavy (non-hydrogen) atoms. The Morgan fingerprint density at radius 1 is 0.526 bits per heavy atom. The summed E-state index contributed by atoms with van der Waals surface area (Å²) in [4.78, 5) is 14.5. The number of aliphatic hydroxyl groups is 2. The zero-order valence-corrected chi connectivity index (χ0v) is 43.9. The molecular weight excluding hydrogens is 991 g/mol. The first-order chi connectivity index (χ1) is 36.8. The van der Waals surface area contributed by atoms with Gasteiger partial charge in [-0.3, -0.25) is 4.79 Å². The Kier molecular flexibility index (Phi) is 14.3. The lowest BCUT2D eigenvalue weighted by molar-refractivity contribution is -0.293. The highest BCUT2D eigenvalue weighted by Gasteiger charge is 2.69. The minimum absolute atomic E-state index is 0.00571. The highest BCUT2D eigenvalue weighted by Crippen LogP contribution is 2.55. The van der Waals surface area contributed by atoms with Gasteiger partial charge in [-0.2, -0.15) is 0 Å². The second-order valence-corrected chi connectivity index (χ2v) is 25.4. The maximum absolute atomic E-state index is 14.5. The van der Waals surface area contributed by atoms with E-state index in [1.54, 1.807) is 0 Å². The smallest absolute Gasteiger partial charge is 0.308 e. The lowest BCUT2D eigenvalue weighted by atomic mass is 9.81. The van der Waals surface area contributed by atoms with E-state index in [2.05, 4.69) is 13.5 Å². The summed E-state index contributed by atoms with van der Waals surface area (Å²) >= 11 is 0. The number of carbonyl (C=O) groups is 1. The van der Waals surface area contributed by atoms with Crippen LogP contribution >= 0.6 is 0 Å². The van der Waals surface area contributed by atoms with Crippen molar-refractivity contribution in [1.29, 1.82) is 0 Å². The molecule has 17 unspecified atom stereocenters. The summed E-state index contributed by atoms with van der Waals surface area (Å²) in [5, 5.41) is 20.5. The summed E-state index contributed by atoms with van der Waals surface area (Å²) in [7, 11) is 0. The molecule has 0 radical (unpaired) electrons. The van der Waals surface area contributed by atoms with Gasteiger partial charge in [0.2, 0.25) is 0 Å². The highest BCUT2D eigenvalue weighted by molar-refractivity contribution is 5.70. The Labute approximate surface area is 444 Å². The third kappa shape index (κ3) is 9.58. The van der Waals surface area contributed by atoms with Crippen LogP contribution in [0.2, 0.25) is 0 Å². The van der Waals surface area contributed by atoms with Crippen molar-refractivity contribution in [2.24, 2.45) is 23.1 Å². The molecule has 0 aromatic carbocycles. The van der Waals surface area contributed by atoms with Crippen LogP contribution in [0.3, 0.4) is 0 Å². The van der Waals surface area contributed by atoms with E-state index in [0.717, 1.165) is 44.1 Å². The maximum atomic E-state index is 14.5. The topological polar surface area (TPSA) is 274 Å². The fourth-order valence-corrected chi connectivity index (χ4v) is 16.4. The Morgan fingerprint density at radius 2 is 1.20 bits per heavy atom. The van der Waals surface area contributed by atoms with E-state index >= 15 is 0 Å². The van der Waals surface area contributed by atoms with Gasteiger partial charge in [0.05, 0.1) is 111 Å². The van der Waals surface area contributed by atoms with Crippen molar-refractivity contribution in [2.75, 3.05) is 19.8 Å². The normalized spacial score (nSPS) is 57.2. The molecule has 0 aliphatic carbocycles. The Bertz CT molecular complexity index is 2130. The molecular formula is C55H83N3O18. The van der Waals surface area contributed by atoms with Gasteiger partial charge in [-0.15, -0.1) is 0 Å². The summed E-state index contributed by atoms with van der Waals surface area (Å²) < 4.78 is 101. The zero-order chi connectivity index (χ0) is 51.8. The van der Waals surface area contributed by atoms with Gasteiger partial charge in [-0.25, -0.2) is 0 Å². The van der Waals surface area contributed by atoms with Gasteiger partial charge in [-0.05, 0) is 75.7 Å². The van der Waals surface area contributed by atoms with Gasteiger partial charge in [-0.1, -0.05) is 13.5 Å². The number of carbonyl (C=O) groups excluding carboxylic acids is 1. The Balaban J connectivity index is 0.690. The molecule has 15 heterocycles. The van der Waals surface area contributed by atoms with Gasteiger partial charge < -0.3 is 98.5 Å². The molecule has 15 aliphatic rings. The predicted molar refractivity (Wildman–Crippen MR) is 262 cm³/mol. The molecule has 15 saturated heterocycles. The van der Waals surface area contributed by atoms with Crippen LogP contribution in [0.15, 0.2) is 12.2 Å². The second kappa shape index (κ2) is 20.7. The van der Waals surface area contributed by atoms with Gasteiger partial charge in [0.15, 0.2) is 11.6 Å². The van der Waals surface area contributed by atoms with Crippen LogP contribution in [0, 0.1) is 5.92 Å². The first-order valence-electron chi connectivity index (χ1n) is 29.4. The SMILES string of the molecule is C=C1C2C[C@@H]3O[C@H]4C[C@H]5O[C@@]6(CC7OCC[C@H](N)C8OC(CO)C(O)CC8OCC[C@H](N)C7O6)C[C@H]5O[C@H]4[C@H](N)C3OC(=O)CC3CCC4O[C@H]5C6OC7(CCC8CCC(CCC(C[C@H]1C)O2)O8)CC6O[C@H]5C(O7)[C@H]4O3. The van der Waals surface area contributed by atoms with Gasteiger partial charge in [0.25, 0.3) is 0 Å². The molecule has 15 aliphatic heterocycles. The van der Waals surface area contributed by atoms with E-state index in [9.17, 15) is 15.0 Å². The summed E-state index contributed by atoms with van der Waals surface area (Å²) in [5.41, 5.74) is 21.9. The standard InChI is InChI=1S/C55H83N3O18/c1-24-15-28-6-5-26-3-4-27(64-26)9-12-54-22-41-50(75-54)51-52(70-41)53(76-54)49-33(68-51)8-7-29(66-49)16-43(61)72-48-37(18-34(65-28)25(24)2)67-38-19-35-39(69-47(38)44(48)58)20-55(73-35)21-40-46(74-55)31(57)11-13-62-36-17-32(60)42(23-59)71-45(36)30(56)10-14-63-40/h24,26-42,44-53,59-60H,2-23,56-58H2,1H3/t24-,26?,27?,28?,29?,30+,31+,32?,33?,34?,35-,36?,37+,38+,39-,40?,41?,42?,44+,45?,46?,47-,48?,49+,50?,51+,52-,53?,54?,55+/m1/s1. The molecule has 426 valence electrons. The summed E-state index contributed by atoms with van der Waals surface area (Å²) in [6.07, 6.45) is 1.74. The van der Waals surface area contributed by atoms with Crippen LogP contribution in [0.5, 0.6) is 0 Å². The molecule has 2 spiro atoms. The van der Waals surface area contributed by atoms with Gasteiger partial charge in [0, 0.05) is 70.2 Å². The van der Waals surface area contributed by atoms with Crippen molar-refractivity contribution in [1.82, 2.24) is 0 Å². The van der Waals surface area contributed by atoms with E-state index in [1.807, 2.05) is 0 Å². The van der Waals surface area contributed by atoms with Crippen molar-refractivity contribution >= 4 is 5.97 Å². The quantitative estimate of drug-likeness (QED) is 0.183. The molecule has 0 amide bonds. The van der Waals surface area contributed by atoms with Gasteiger partial charge in [0.1, 0.15) is 54.9 Å². The number of fused-ring (bicyclic) bond motifs is 10. The lowest BCUT2D eigenvalue weighted by Gasteiger charge is -2.50. The second-order valence-electron chi connectivity index (χ2n) is 25.4. The number of hydrogen-bond donors (Lipinski definition) is 5. The molecule has 30 atom stereocenters. The summed E-state index contributed by atoms with van der Waals surface area (Å²) in [5.74, 6) is -2.07. The third-order valence-corrected chi connectivity index (χ3v) is 20.4. The molecule has 21 heteroatoms. The Morgan fingerprint density at radius 3 is 2.03 bits per heavy atom. The van der Waals surface area contributed by atoms with E-state index < -0.39 is 121 Å². The molecule has 0 aromatic rings. The van der Waals surface area contributed by atoms with Crippen LogP contribution in [0.25, 0.3) is 0 Å². The number of aliphatic hydroxyl groups excluding tert-OH is 2. The van der Waals surface area contributed by atoms with Crippen molar-refractivity contribution in [3.8, 4) is 0 Å². The largest absolute Gasteiger partial charge is 0.458 e. The molecule has 15 fully saturated rings. The summed E-state index contributed by atoms with van der Waals surface area (Å²) in [6.45, 7) is 7.06. The number of rotatable bonds is 1. The van der Waals surface area contributed by atoms with Crippen molar-refractivity contribution < 1.29 is 86.1 Å².